The van der Waals surface area contributed by atoms with Gasteiger partial charge in [0.1, 0.15) is 12.4 Å². The highest BCUT2D eigenvalue weighted by Crippen LogP contribution is 2.33. The van der Waals surface area contributed by atoms with Gasteiger partial charge in [-0.2, -0.15) is 0 Å². The number of hydrogen-bond acceptors (Lipinski definition) is 3. The van der Waals surface area contributed by atoms with Crippen LogP contribution in [0.2, 0.25) is 0 Å². The molecular formula is C26H31ClFNO2. The highest BCUT2D eigenvalue weighted by atomic mass is 35.5. The van der Waals surface area contributed by atoms with Crippen molar-refractivity contribution < 1.29 is 13.9 Å². The molecule has 0 saturated heterocycles. The molecule has 0 aromatic heterocycles. The molecule has 1 atom stereocenters. The van der Waals surface area contributed by atoms with Crippen LogP contribution in [0.15, 0.2) is 72.8 Å². The third-order valence-corrected chi connectivity index (χ3v) is 5.01. The normalized spacial score (nSPS) is 11.5. The second kappa shape index (κ2) is 13.0. The summed E-state index contributed by atoms with van der Waals surface area (Å²) in [6.45, 7) is 5.46. The summed E-state index contributed by atoms with van der Waals surface area (Å²) in [5.74, 6) is 1.08. The quantitative estimate of drug-likeness (QED) is 0.351. The molecule has 0 saturated carbocycles. The number of rotatable bonds is 11. The smallest absolute Gasteiger partial charge is 0.166 e. The molecule has 31 heavy (non-hydrogen) atoms. The molecule has 0 fully saturated rings. The van der Waals surface area contributed by atoms with Crippen LogP contribution in [0.3, 0.4) is 0 Å². The van der Waals surface area contributed by atoms with Gasteiger partial charge >= 0.3 is 0 Å². The molecular weight excluding hydrogens is 413 g/mol. The van der Waals surface area contributed by atoms with Crippen LogP contribution in [0.5, 0.6) is 11.5 Å². The lowest BCUT2D eigenvalue weighted by molar-refractivity contribution is 0.262. The van der Waals surface area contributed by atoms with E-state index in [2.05, 4.69) is 36.5 Å². The maximum Gasteiger partial charge on any atom is 0.166 e. The fraction of sp³-hybridized carbons (Fsp3) is 0.308. The molecule has 3 aromatic rings. The van der Waals surface area contributed by atoms with E-state index in [1.54, 1.807) is 12.1 Å². The van der Waals surface area contributed by atoms with Gasteiger partial charge in [0.25, 0.3) is 0 Å². The van der Waals surface area contributed by atoms with E-state index >= 15 is 0 Å². The molecule has 0 aliphatic carbocycles. The van der Waals surface area contributed by atoms with Crippen molar-refractivity contribution in [3.05, 3.63) is 95.3 Å². The molecule has 1 unspecified atom stereocenters. The lowest BCUT2D eigenvalue weighted by Gasteiger charge is -2.21. The van der Waals surface area contributed by atoms with Gasteiger partial charge in [0.15, 0.2) is 11.5 Å². The average Bonchev–Trinajstić information content (AvgIpc) is 2.78. The van der Waals surface area contributed by atoms with Gasteiger partial charge in [-0.05, 0) is 31.0 Å². The molecule has 0 aliphatic rings. The van der Waals surface area contributed by atoms with E-state index in [0.717, 1.165) is 18.4 Å². The second-order valence-corrected chi connectivity index (χ2v) is 7.19. The number of benzene rings is 3. The Labute approximate surface area is 191 Å². The van der Waals surface area contributed by atoms with E-state index in [4.69, 9.17) is 9.47 Å². The first kappa shape index (κ1) is 24.7. The van der Waals surface area contributed by atoms with Gasteiger partial charge in [-0.15, -0.1) is 12.4 Å². The average molecular weight is 444 g/mol. The summed E-state index contributed by atoms with van der Waals surface area (Å²) in [5, 5.41) is 3.66. The maximum atomic E-state index is 14.0. The summed E-state index contributed by atoms with van der Waals surface area (Å²) in [5.41, 5.74) is 2.79. The number of hydrogen-bond donors (Lipinski definition) is 1. The molecule has 0 bridgehead atoms. The predicted octanol–water partition coefficient (Wildman–Crippen LogP) is 6.86. The van der Waals surface area contributed by atoms with Crippen molar-refractivity contribution in [2.45, 2.75) is 45.9 Å². The lowest BCUT2D eigenvalue weighted by atomic mass is 10.0. The minimum absolute atomic E-state index is 0. The third-order valence-electron chi connectivity index (χ3n) is 5.01. The van der Waals surface area contributed by atoms with Crippen LogP contribution in [-0.4, -0.2) is 6.61 Å². The van der Waals surface area contributed by atoms with Crippen LogP contribution >= 0.6 is 12.4 Å². The summed E-state index contributed by atoms with van der Waals surface area (Å²) >= 11 is 0. The second-order valence-electron chi connectivity index (χ2n) is 7.19. The molecule has 0 aliphatic heterocycles. The van der Waals surface area contributed by atoms with Crippen molar-refractivity contribution in [1.82, 2.24) is 5.32 Å². The molecule has 166 valence electrons. The van der Waals surface area contributed by atoms with Crippen LogP contribution < -0.4 is 14.8 Å². The van der Waals surface area contributed by atoms with Crippen molar-refractivity contribution in [2.24, 2.45) is 0 Å². The zero-order chi connectivity index (χ0) is 21.2. The summed E-state index contributed by atoms with van der Waals surface area (Å²) in [4.78, 5) is 0. The van der Waals surface area contributed by atoms with Crippen LogP contribution in [0.4, 0.5) is 4.39 Å². The molecule has 0 radical (unpaired) electrons. The molecule has 3 nitrogen and oxygen atoms in total. The minimum Gasteiger partial charge on any atom is -0.490 e. The van der Waals surface area contributed by atoms with Crippen molar-refractivity contribution in [3.8, 4) is 11.5 Å². The van der Waals surface area contributed by atoms with Gasteiger partial charge in [-0.3, -0.25) is 0 Å². The Hall–Kier alpha value is -2.56. The van der Waals surface area contributed by atoms with Crippen molar-refractivity contribution in [1.29, 1.82) is 0 Å². The summed E-state index contributed by atoms with van der Waals surface area (Å²) in [7, 11) is 0. The van der Waals surface area contributed by atoms with Crippen LogP contribution in [0.1, 0.15) is 49.4 Å². The largest absolute Gasteiger partial charge is 0.490 e. The van der Waals surface area contributed by atoms with Gasteiger partial charge in [0.05, 0.1) is 6.61 Å². The number of nitrogens with one attached hydrogen (secondary N) is 1. The fourth-order valence-electron chi connectivity index (χ4n) is 3.49. The SMILES string of the molecule is CCCC(NCc1cccc(OCC)c1OCc1ccccc1F)c1ccccc1.Cl. The first-order chi connectivity index (χ1) is 14.7. The van der Waals surface area contributed by atoms with Crippen molar-refractivity contribution in [2.75, 3.05) is 6.61 Å². The topological polar surface area (TPSA) is 30.5 Å². The van der Waals surface area contributed by atoms with E-state index in [0.29, 0.717) is 30.2 Å². The standard InChI is InChI=1S/C26H30FNO2.ClH/c1-3-11-24(20-12-6-5-7-13-20)28-18-21-15-10-17-25(29-4-2)26(21)30-19-22-14-8-9-16-23(22)27;/h5-10,12-17,24,28H,3-4,11,18-19H2,1-2H3;1H. The highest BCUT2D eigenvalue weighted by molar-refractivity contribution is 5.85. The Morgan fingerprint density at radius 1 is 0.839 bits per heavy atom. The third kappa shape index (κ3) is 6.98. The maximum absolute atomic E-state index is 14.0. The Balaban J connectivity index is 0.00000341. The molecule has 0 amide bonds. The fourth-order valence-corrected chi connectivity index (χ4v) is 3.49. The minimum atomic E-state index is -0.266. The van der Waals surface area contributed by atoms with E-state index in [-0.39, 0.29) is 30.9 Å². The first-order valence-corrected chi connectivity index (χ1v) is 10.6. The zero-order valence-corrected chi connectivity index (χ0v) is 19.0. The van der Waals surface area contributed by atoms with Gasteiger partial charge in [0, 0.05) is 23.7 Å². The molecule has 5 heteroatoms. The van der Waals surface area contributed by atoms with Gasteiger partial charge in [0.2, 0.25) is 0 Å². The van der Waals surface area contributed by atoms with E-state index in [9.17, 15) is 4.39 Å². The van der Waals surface area contributed by atoms with Gasteiger partial charge in [-0.1, -0.05) is 74.0 Å². The molecule has 0 heterocycles. The Morgan fingerprint density at radius 2 is 1.55 bits per heavy atom. The van der Waals surface area contributed by atoms with Crippen molar-refractivity contribution >= 4 is 12.4 Å². The monoisotopic (exact) mass is 443 g/mol. The Bertz CT molecular complexity index is 920. The zero-order valence-electron chi connectivity index (χ0n) is 18.1. The summed E-state index contributed by atoms with van der Waals surface area (Å²) in [6, 6.07) is 23.3. The molecule has 1 N–H and O–H groups in total. The van der Waals surface area contributed by atoms with Crippen molar-refractivity contribution in [3.63, 3.8) is 0 Å². The molecule has 0 spiro atoms. The number of ether oxygens (including phenoxy) is 2. The summed E-state index contributed by atoms with van der Waals surface area (Å²) in [6.07, 6.45) is 2.13. The Morgan fingerprint density at radius 3 is 2.26 bits per heavy atom. The highest BCUT2D eigenvalue weighted by Gasteiger charge is 2.15. The molecule has 3 rings (SSSR count). The molecule has 3 aromatic carbocycles. The summed E-state index contributed by atoms with van der Waals surface area (Å²) < 4.78 is 25.9. The van der Waals surface area contributed by atoms with Crippen LogP contribution in [0.25, 0.3) is 0 Å². The van der Waals surface area contributed by atoms with E-state index < -0.39 is 0 Å². The number of halogens is 2. The van der Waals surface area contributed by atoms with Crippen LogP contribution in [0, 0.1) is 5.82 Å². The lowest BCUT2D eigenvalue weighted by Crippen LogP contribution is -2.21. The van der Waals surface area contributed by atoms with Gasteiger partial charge < -0.3 is 14.8 Å². The van der Waals surface area contributed by atoms with Crippen LogP contribution in [-0.2, 0) is 13.2 Å². The predicted molar refractivity (Wildman–Crippen MR) is 127 cm³/mol. The van der Waals surface area contributed by atoms with Gasteiger partial charge in [-0.25, -0.2) is 4.39 Å². The van der Waals surface area contributed by atoms with E-state index in [1.165, 1.54) is 11.6 Å². The van der Waals surface area contributed by atoms with E-state index in [1.807, 2.05) is 37.3 Å². The first-order valence-electron chi connectivity index (χ1n) is 10.6. The Kier molecular flexibility index (Phi) is 10.3. The number of para-hydroxylation sites is 1.